The molecule has 5 nitrogen and oxygen atoms in total. The largest absolute Gasteiger partial charge is 0.435 e. The number of carbonyl (C=O) groups is 1. The predicted molar refractivity (Wildman–Crippen MR) is 96.1 cm³/mol. The molecule has 1 fully saturated rings. The van der Waals surface area contributed by atoms with Gasteiger partial charge in [-0.05, 0) is 48.2 Å². The van der Waals surface area contributed by atoms with Gasteiger partial charge < -0.3 is 9.64 Å². The minimum absolute atomic E-state index is 0.0495. The second kappa shape index (κ2) is 6.13. The molecule has 0 saturated heterocycles. The van der Waals surface area contributed by atoms with Gasteiger partial charge in [-0.3, -0.25) is 4.79 Å². The number of fused-ring (bicyclic) bond motifs is 2. The number of carbonyl (C=O) groups excluding carboxylic acids is 1. The molecule has 2 aromatic carbocycles. The van der Waals surface area contributed by atoms with Gasteiger partial charge in [-0.25, -0.2) is 13.8 Å². The highest BCUT2D eigenvalue weighted by Gasteiger charge is 2.61. The lowest BCUT2D eigenvalue weighted by Crippen LogP contribution is -2.39. The molecule has 1 saturated carbocycles. The van der Waals surface area contributed by atoms with Gasteiger partial charge in [0.05, 0.1) is 17.8 Å². The van der Waals surface area contributed by atoms with Gasteiger partial charge in [0.25, 0.3) is 5.91 Å². The van der Waals surface area contributed by atoms with Gasteiger partial charge in [-0.1, -0.05) is 12.1 Å². The van der Waals surface area contributed by atoms with Crippen LogP contribution in [0.3, 0.4) is 0 Å². The Bertz CT molecular complexity index is 1070. The fraction of sp³-hybridized carbons (Fsp3) is 0.250. The molecule has 5 rings (SSSR count). The predicted octanol–water partition coefficient (Wildman–Crippen LogP) is 3.77. The maximum absolute atomic E-state index is 14.8. The summed E-state index contributed by atoms with van der Waals surface area (Å²) in [7, 11) is 0. The van der Waals surface area contributed by atoms with Crippen LogP contribution in [0.2, 0.25) is 0 Å². The van der Waals surface area contributed by atoms with Crippen molar-refractivity contribution in [1.82, 2.24) is 4.90 Å². The average molecular weight is 403 g/mol. The number of ether oxygens (including phenoxy) is 1. The second-order valence-electron chi connectivity index (χ2n) is 7.11. The number of guanidine groups is 1. The fourth-order valence-electron chi connectivity index (χ4n) is 3.76. The van der Waals surface area contributed by atoms with Crippen LogP contribution in [0.25, 0.3) is 11.1 Å². The molecule has 1 amide bonds. The summed E-state index contributed by atoms with van der Waals surface area (Å²) in [5.41, 5.74) is -0.0545. The molecule has 9 heteroatoms. The molecule has 0 radical (unpaired) electrons. The molecular weight excluding hydrogens is 390 g/mol. The van der Waals surface area contributed by atoms with Crippen LogP contribution in [-0.4, -0.2) is 41.2 Å². The van der Waals surface area contributed by atoms with E-state index in [9.17, 15) is 22.4 Å². The van der Waals surface area contributed by atoms with E-state index in [0.29, 0.717) is 18.4 Å². The van der Waals surface area contributed by atoms with E-state index in [1.54, 1.807) is 4.90 Å². The maximum Gasteiger partial charge on any atom is 0.387 e. The first kappa shape index (κ1) is 17.8. The molecule has 0 aromatic heterocycles. The van der Waals surface area contributed by atoms with E-state index in [0.717, 1.165) is 12.1 Å². The lowest BCUT2D eigenvalue weighted by atomic mass is 10.0. The van der Waals surface area contributed by atoms with Gasteiger partial charge in [0, 0.05) is 0 Å². The van der Waals surface area contributed by atoms with E-state index in [-0.39, 0.29) is 41.0 Å². The number of aliphatic imine (C=N–C) groups is 2. The highest BCUT2D eigenvalue weighted by molar-refractivity contribution is 6.19. The topological polar surface area (TPSA) is 54.3 Å². The lowest BCUT2D eigenvalue weighted by molar-refractivity contribution is -0.121. The molecule has 1 spiro atoms. The van der Waals surface area contributed by atoms with Gasteiger partial charge >= 0.3 is 6.61 Å². The minimum Gasteiger partial charge on any atom is -0.435 e. The van der Waals surface area contributed by atoms with Crippen LogP contribution in [-0.2, 0) is 4.79 Å². The zero-order valence-electron chi connectivity index (χ0n) is 14.8. The van der Waals surface area contributed by atoms with Crippen molar-refractivity contribution in [2.24, 2.45) is 9.98 Å². The summed E-state index contributed by atoms with van der Waals surface area (Å²) >= 11 is 0. The van der Waals surface area contributed by atoms with Crippen molar-refractivity contribution >= 4 is 17.6 Å². The zero-order chi connectivity index (χ0) is 20.3. The summed E-state index contributed by atoms with van der Waals surface area (Å²) in [5.74, 6) is -1.69. The Balaban J connectivity index is 1.45. The highest BCUT2D eigenvalue weighted by atomic mass is 19.3. The van der Waals surface area contributed by atoms with E-state index >= 15 is 0 Å². The summed E-state index contributed by atoms with van der Waals surface area (Å²) in [6.45, 7) is -2.83. The molecule has 0 atom stereocenters. The van der Waals surface area contributed by atoms with Crippen molar-refractivity contribution in [2.45, 2.75) is 25.0 Å². The Kier molecular flexibility index (Phi) is 3.77. The number of rotatable bonds is 4. The van der Waals surface area contributed by atoms with Crippen molar-refractivity contribution in [1.29, 1.82) is 0 Å². The Hall–Kier alpha value is -3.23. The standard InChI is InChI=1S/C20H13F4N3O2/c21-13-7-11(10-1-3-12(4-2-10)29-18(23)24)8-14(22)16(13)15-9-27-19(25-15)26-17(28)20(27)5-6-20/h1-4,7-8,18H,5-6,9H2. The maximum atomic E-state index is 14.8. The normalized spacial score (nSPS) is 18.9. The molecule has 0 bridgehead atoms. The van der Waals surface area contributed by atoms with Crippen LogP contribution in [0, 0.1) is 11.6 Å². The Labute approximate surface area is 162 Å². The van der Waals surface area contributed by atoms with Gasteiger partial charge in [-0.15, -0.1) is 0 Å². The van der Waals surface area contributed by atoms with Gasteiger partial charge in [0.1, 0.15) is 22.9 Å². The number of alkyl halides is 2. The number of halogens is 4. The molecule has 148 valence electrons. The van der Waals surface area contributed by atoms with Gasteiger partial charge in [-0.2, -0.15) is 13.8 Å². The quantitative estimate of drug-likeness (QED) is 0.731. The van der Waals surface area contributed by atoms with Crippen molar-refractivity contribution in [2.75, 3.05) is 6.54 Å². The summed E-state index contributed by atoms with van der Waals surface area (Å²) in [4.78, 5) is 21.7. The third kappa shape index (κ3) is 2.80. The smallest absolute Gasteiger partial charge is 0.387 e. The van der Waals surface area contributed by atoms with E-state index in [2.05, 4.69) is 14.7 Å². The number of benzene rings is 2. The number of nitrogens with zero attached hydrogens (tertiary/aromatic N) is 3. The van der Waals surface area contributed by atoms with Crippen molar-refractivity contribution in [3.8, 4) is 16.9 Å². The second-order valence-corrected chi connectivity index (χ2v) is 7.11. The van der Waals surface area contributed by atoms with Crippen LogP contribution in [0.5, 0.6) is 5.75 Å². The molecule has 2 aliphatic heterocycles. The van der Waals surface area contributed by atoms with E-state index in [1.807, 2.05) is 0 Å². The van der Waals surface area contributed by atoms with Crippen molar-refractivity contribution < 1.29 is 27.1 Å². The fourth-order valence-corrected chi connectivity index (χ4v) is 3.76. The molecule has 0 N–H and O–H groups in total. The molecule has 2 aromatic rings. The summed E-state index contributed by atoms with van der Waals surface area (Å²) < 4.78 is 58.3. The summed E-state index contributed by atoms with van der Waals surface area (Å²) in [6, 6.07) is 7.79. The SMILES string of the molecule is O=C1N=C2N=C(c3c(F)cc(-c4ccc(OC(F)F)cc4)cc3F)CN2C12CC2. The first-order chi connectivity index (χ1) is 13.9. The summed E-state index contributed by atoms with van der Waals surface area (Å²) in [5, 5.41) is 0. The van der Waals surface area contributed by atoms with Crippen LogP contribution in [0.15, 0.2) is 46.4 Å². The Morgan fingerprint density at radius 1 is 1.00 bits per heavy atom. The number of hydrogen-bond donors (Lipinski definition) is 0. The third-order valence-electron chi connectivity index (χ3n) is 5.37. The average Bonchev–Trinajstić information content (AvgIpc) is 3.31. The Morgan fingerprint density at radius 3 is 2.24 bits per heavy atom. The minimum atomic E-state index is -2.95. The first-order valence-electron chi connectivity index (χ1n) is 8.90. The van der Waals surface area contributed by atoms with Gasteiger partial charge in [0.15, 0.2) is 0 Å². The van der Waals surface area contributed by atoms with E-state index in [1.165, 1.54) is 24.3 Å². The monoisotopic (exact) mass is 403 g/mol. The molecule has 29 heavy (non-hydrogen) atoms. The molecule has 3 aliphatic rings. The summed E-state index contributed by atoms with van der Waals surface area (Å²) in [6.07, 6.45) is 1.33. The van der Waals surface area contributed by atoms with Crippen LogP contribution < -0.4 is 4.74 Å². The third-order valence-corrected chi connectivity index (χ3v) is 5.37. The molecular formula is C20H13F4N3O2. The van der Waals surface area contributed by atoms with Crippen molar-refractivity contribution in [3.05, 3.63) is 53.6 Å². The van der Waals surface area contributed by atoms with Crippen molar-refractivity contribution in [3.63, 3.8) is 0 Å². The number of hydrogen-bond acceptors (Lipinski definition) is 4. The van der Waals surface area contributed by atoms with Gasteiger partial charge in [0.2, 0.25) is 5.96 Å². The highest BCUT2D eigenvalue weighted by Crippen LogP contribution is 2.47. The van der Waals surface area contributed by atoms with Crippen LogP contribution >= 0.6 is 0 Å². The van der Waals surface area contributed by atoms with E-state index in [4.69, 9.17) is 0 Å². The Morgan fingerprint density at radius 2 is 1.66 bits per heavy atom. The molecule has 2 heterocycles. The lowest BCUT2D eigenvalue weighted by Gasteiger charge is -2.19. The molecule has 1 aliphatic carbocycles. The first-order valence-corrected chi connectivity index (χ1v) is 8.90. The van der Waals surface area contributed by atoms with E-state index < -0.39 is 23.8 Å². The van der Waals surface area contributed by atoms with Crippen LogP contribution in [0.1, 0.15) is 18.4 Å². The molecule has 0 unspecified atom stereocenters. The number of amides is 1. The van der Waals surface area contributed by atoms with Crippen LogP contribution in [0.4, 0.5) is 17.6 Å². The zero-order valence-corrected chi connectivity index (χ0v) is 14.8.